The number of methoxy groups -OCH3 is 1. The molecule has 1 aromatic heterocycles. The first-order chi connectivity index (χ1) is 12.6. The van der Waals surface area contributed by atoms with Crippen molar-refractivity contribution in [2.45, 2.75) is 11.2 Å². The Morgan fingerprint density at radius 3 is 3.15 bits per heavy atom. The first-order valence-electron chi connectivity index (χ1n) is 8.00. The van der Waals surface area contributed by atoms with Crippen molar-refractivity contribution in [1.29, 1.82) is 0 Å². The van der Waals surface area contributed by atoms with Gasteiger partial charge in [0.15, 0.2) is 5.16 Å². The molecule has 2 N–H and O–H groups in total. The van der Waals surface area contributed by atoms with Gasteiger partial charge in [-0.2, -0.15) is 0 Å². The van der Waals surface area contributed by atoms with Gasteiger partial charge in [-0.1, -0.05) is 23.4 Å². The van der Waals surface area contributed by atoms with Crippen LogP contribution in [-0.2, 0) is 4.79 Å². The van der Waals surface area contributed by atoms with E-state index in [1.165, 1.54) is 11.8 Å². The fourth-order valence-corrected chi connectivity index (χ4v) is 3.70. The molecule has 8 heteroatoms. The average Bonchev–Trinajstić information content (AvgIpc) is 3.23. The number of imidazole rings is 1. The lowest BCUT2D eigenvalue weighted by atomic mass is 10.1. The number of ether oxygens (including phenoxy) is 2. The fourth-order valence-electron chi connectivity index (χ4n) is 2.84. The van der Waals surface area contributed by atoms with Crippen LogP contribution in [0.25, 0.3) is 11.0 Å². The molecule has 1 aliphatic rings. The van der Waals surface area contributed by atoms with Crippen molar-refractivity contribution in [2.75, 3.05) is 19.5 Å². The van der Waals surface area contributed by atoms with Crippen molar-refractivity contribution in [2.24, 2.45) is 0 Å². The van der Waals surface area contributed by atoms with Crippen LogP contribution < -0.4 is 14.8 Å². The van der Waals surface area contributed by atoms with Crippen molar-refractivity contribution < 1.29 is 14.3 Å². The first kappa shape index (κ1) is 17.1. The Hall–Kier alpha value is -2.38. The lowest BCUT2D eigenvalue weighted by molar-refractivity contribution is -0.119. The summed E-state index contributed by atoms with van der Waals surface area (Å²) in [5.41, 5.74) is 2.61. The molecule has 3 aromatic rings. The molecule has 134 valence electrons. The summed E-state index contributed by atoms with van der Waals surface area (Å²) in [6.45, 7) is 0.419. The highest BCUT2D eigenvalue weighted by atomic mass is 35.5. The summed E-state index contributed by atoms with van der Waals surface area (Å²) >= 11 is 7.32. The van der Waals surface area contributed by atoms with E-state index in [1.54, 1.807) is 13.2 Å². The number of aromatic amines is 1. The lowest BCUT2D eigenvalue weighted by Crippen LogP contribution is -2.30. The quantitative estimate of drug-likeness (QED) is 0.652. The average molecular weight is 390 g/mol. The van der Waals surface area contributed by atoms with E-state index < -0.39 is 0 Å². The van der Waals surface area contributed by atoms with Crippen LogP contribution in [0.2, 0.25) is 5.02 Å². The van der Waals surface area contributed by atoms with Gasteiger partial charge in [0.05, 0.1) is 29.9 Å². The summed E-state index contributed by atoms with van der Waals surface area (Å²) in [7, 11) is 1.61. The van der Waals surface area contributed by atoms with Crippen LogP contribution in [0.1, 0.15) is 11.6 Å². The molecular weight excluding hydrogens is 374 g/mol. The Kier molecular flexibility index (Phi) is 4.65. The second-order valence-electron chi connectivity index (χ2n) is 5.83. The molecule has 4 rings (SSSR count). The van der Waals surface area contributed by atoms with Crippen LogP contribution in [-0.4, -0.2) is 35.3 Å². The number of nitrogens with one attached hydrogen (secondary N) is 2. The van der Waals surface area contributed by atoms with E-state index >= 15 is 0 Å². The highest BCUT2D eigenvalue weighted by molar-refractivity contribution is 7.99. The number of halogens is 1. The van der Waals surface area contributed by atoms with Crippen molar-refractivity contribution in [3.63, 3.8) is 0 Å². The maximum absolute atomic E-state index is 12.3. The van der Waals surface area contributed by atoms with E-state index in [0.717, 1.165) is 28.1 Å². The van der Waals surface area contributed by atoms with Crippen LogP contribution in [0.5, 0.6) is 11.5 Å². The molecule has 1 aliphatic heterocycles. The van der Waals surface area contributed by atoms with Gasteiger partial charge in [0.1, 0.15) is 18.1 Å². The molecule has 1 atom stereocenters. The number of thioether (sulfide) groups is 1. The molecule has 2 aromatic carbocycles. The van der Waals surface area contributed by atoms with Crippen LogP contribution in [0, 0.1) is 0 Å². The highest BCUT2D eigenvalue weighted by Gasteiger charge is 2.26. The van der Waals surface area contributed by atoms with E-state index in [-0.39, 0.29) is 17.7 Å². The maximum atomic E-state index is 12.3. The monoisotopic (exact) mass is 389 g/mol. The second-order valence-corrected chi connectivity index (χ2v) is 7.23. The smallest absolute Gasteiger partial charge is 0.231 e. The first-order valence-corrected chi connectivity index (χ1v) is 9.37. The number of fused-ring (bicyclic) bond motifs is 2. The molecule has 0 saturated heterocycles. The van der Waals surface area contributed by atoms with Crippen LogP contribution in [0.15, 0.2) is 41.6 Å². The molecule has 0 fully saturated rings. The molecule has 0 saturated carbocycles. The number of nitrogens with zero attached hydrogens (tertiary/aromatic N) is 1. The maximum Gasteiger partial charge on any atom is 0.231 e. The molecule has 1 unspecified atom stereocenters. The second kappa shape index (κ2) is 7.09. The lowest BCUT2D eigenvalue weighted by Gasteiger charge is -2.12. The highest BCUT2D eigenvalue weighted by Crippen LogP contribution is 2.35. The molecule has 26 heavy (non-hydrogen) atoms. The molecular formula is C18H16ClN3O3S. The number of hydrogen-bond donors (Lipinski definition) is 2. The summed E-state index contributed by atoms with van der Waals surface area (Å²) < 4.78 is 10.9. The van der Waals surface area contributed by atoms with E-state index in [4.69, 9.17) is 21.1 Å². The van der Waals surface area contributed by atoms with Gasteiger partial charge >= 0.3 is 0 Å². The minimum absolute atomic E-state index is 0.0854. The Bertz CT molecular complexity index is 975. The van der Waals surface area contributed by atoms with Gasteiger partial charge < -0.3 is 19.8 Å². The summed E-state index contributed by atoms with van der Waals surface area (Å²) in [6.07, 6.45) is 0. The van der Waals surface area contributed by atoms with Crippen molar-refractivity contribution in [1.82, 2.24) is 15.3 Å². The predicted octanol–water partition coefficient (Wildman–Crippen LogP) is 3.57. The van der Waals surface area contributed by atoms with E-state index in [2.05, 4.69) is 15.3 Å². The Labute approximate surface area is 159 Å². The van der Waals surface area contributed by atoms with Crippen molar-refractivity contribution in [3.8, 4) is 11.5 Å². The van der Waals surface area contributed by atoms with Gasteiger partial charge in [-0.25, -0.2) is 4.98 Å². The number of hydrogen-bond acceptors (Lipinski definition) is 5. The van der Waals surface area contributed by atoms with Gasteiger partial charge in [-0.3, -0.25) is 4.79 Å². The number of carbonyl (C=O) groups excluding carboxylic acids is 1. The van der Waals surface area contributed by atoms with Crippen LogP contribution in [0.3, 0.4) is 0 Å². The number of carbonyl (C=O) groups is 1. The molecule has 0 aliphatic carbocycles. The summed E-state index contributed by atoms with van der Waals surface area (Å²) in [5, 5.41) is 4.32. The third kappa shape index (κ3) is 3.45. The summed E-state index contributed by atoms with van der Waals surface area (Å²) in [5.74, 6) is 1.68. The molecule has 6 nitrogen and oxygen atoms in total. The molecule has 1 amide bonds. The Morgan fingerprint density at radius 2 is 2.31 bits per heavy atom. The minimum atomic E-state index is -0.178. The van der Waals surface area contributed by atoms with Crippen LogP contribution in [0.4, 0.5) is 0 Å². The summed E-state index contributed by atoms with van der Waals surface area (Å²) in [4.78, 5) is 19.9. The number of H-pyrrole nitrogens is 1. The van der Waals surface area contributed by atoms with Gasteiger partial charge in [0, 0.05) is 10.6 Å². The zero-order valence-electron chi connectivity index (χ0n) is 13.9. The predicted molar refractivity (Wildman–Crippen MR) is 101 cm³/mol. The zero-order chi connectivity index (χ0) is 18.1. The molecule has 0 bridgehead atoms. The zero-order valence-corrected chi connectivity index (χ0v) is 15.5. The molecule has 2 heterocycles. The van der Waals surface area contributed by atoms with E-state index in [0.29, 0.717) is 16.8 Å². The fraction of sp³-hybridized carbons (Fsp3) is 0.222. The van der Waals surface area contributed by atoms with Gasteiger partial charge in [-0.05, 0) is 36.4 Å². The van der Waals surface area contributed by atoms with Gasteiger partial charge in [0.25, 0.3) is 0 Å². The Balaban J connectivity index is 1.39. The standard InChI is InChI=1S/C18H16ClN3O3S/c1-24-11-3-5-16-12(7-11)15(8-25-16)20-17(23)9-26-18-21-13-4-2-10(19)6-14(13)22-18/h2-7,15H,8-9H2,1H3,(H,20,23)(H,21,22). The molecule has 0 spiro atoms. The normalized spacial score (nSPS) is 15.5. The molecule has 0 radical (unpaired) electrons. The number of rotatable bonds is 5. The largest absolute Gasteiger partial charge is 0.497 e. The Morgan fingerprint density at radius 1 is 1.42 bits per heavy atom. The minimum Gasteiger partial charge on any atom is -0.497 e. The SMILES string of the molecule is COc1ccc2c(c1)C(NC(=O)CSc1nc3ccc(Cl)cc3[nH]1)CO2. The van der Waals surface area contributed by atoms with Crippen molar-refractivity contribution >= 4 is 40.3 Å². The topological polar surface area (TPSA) is 76.2 Å². The third-order valence-corrected chi connectivity index (χ3v) is 5.20. The summed E-state index contributed by atoms with van der Waals surface area (Å²) in [6, 6.07) is 10.9. The van der Waals surface area contributed by atoms with Gasteiger partial charge in [-0.15, -0.1) is 0 Å². The third-order valence-electron chi connectivity index (χ3n) is 4.10. The number of aromatic nitrogens is 2. The van der Waals surface area contributed by atoms with Gasteiger partial charge in [0.2, 0.25) is 5.91 Å². The van der Waals surface area contributed by atoms with E-state index in [9.17, 15) is 4.79 Å². The van der Waals surface area contributed by atoms with Crippen LogP contribution >= 0.6 is 23.4 Å². The van der Waals surface area contributed by atoms with E-state index in [1.807, 2.05) is 30.3 Å². The number of benzene rings is 2. The van der Waals surface area contributed by atoms with Crippen molar-refractivity contribution in [3.05, 3.63) is 47.0 Å². The number of amides is 1.